The number of nitrogen functional groups attached to an aromatic ring is 1. The highest BCUT2D eigenvalue weighted by Gasteiger charge is 2.29. The van der Waals surface area contributed by atoms with Crippen molar-refractivity contribution in [2.75, 3.05) is 24.0 Å². The van der Waals surface area contributed by atoms with Gasteiger partial charge in [0.25, 0.3) is 11.8 Å². The fraction of sp³-hybridized carbons (Fsp3) is 0.333. The molecule has 0 bridgehead atoms. The lowest BCUT2D eigenvalue weighted by Gasteiger charge is -2.26. The minimum absolute atomic E-state index is 0.0139. The second-order valence-electron chi connectivity index (χ2n) is 7.37. The van der Waals surface area contributed by atoms with Crippen molar-refractivity contribution in [1.29, 1.82) is 0 Å². The Morgan fingerprint density at radius 2 is 1.93 bits per heavy atom. The van der Waals surface area contributed by atoms with Gasteiger partial charge in [0.15, 0.2) is 17.2 Å². The number of primary amides is 1. The highest BCUT2D eigenvalue weighted by atomic mass is 32.1. The molecule has 0 saturated heterocycles. The molecule has 10 nitrogen and oxygen atoms in total. The van der Waals surface area contributed by atoms with Gasteiger partial charge in [-0.15, -0.1) is 0 Å². The van der Waals surface area contributed by atoms with Crippen molar-refractivity contribution in [3.05, 3.63) is 28.8 Å². The first kappa shape index (κ1) is 20.4. The zero-order valence-electron chi connectivity index (χ0n) is 16.1. The average Bonchev–Trinajstić information content (AvgIpc) is 3.23. The van der Waals surface area contributed by atoms with E-state index in [0.717, 1.165) is 11.5 Å². The molecule has 1 aromatic heterocycles. The molecular weight excluding hydrogens is 398 g/mol. The summed E-state index contributed by atoms with van der Waals surface area (Å²) in [5.41, 5.74) is 10.8. The van der Waals surface area contributed by atoms with E-state index in [1.807, 2.05) is 20.8 Å². The Kier molecular flexibility index (Phi) is 5.33. The third-order valence-corrected chi connectivity index (χ3v) is 4.74. The smallest absolute Gasteiger partial charge is 0.272 e. The Hall–Kier alpha value is -3.34. The maximum absolute atomic E-state index is 13.2. The summed E-state index contributed by atoms with van der Waals surface area (Å²) in [7, 11) is 0. The van der Waals surface area contributed by atoms with Crippen LogP contribution in [0, 0.1) is 0 Å². The van der Waals surface area contributed by atoms with Gasteiger partial charge in [-0.1, -0.05) is 0 Å². The van der Waals surface area contributed by atoms with Crippen LogP contribution in [0.5, 0.6) is 11.5 Å². The van der Waals surface area contributed by atoms with E-state index in [4.69, 9.17) is 20.9 Å². The molecule has 29 heavy (non-hydrogen) atoms. The standard InChI is InChI=1S/C18H21N5O5S/c1-18(2,3)21-12(24)7-23(9-4-5-10-11(6-9)28-8-27-10)17(26)15-13(19)14(16(20)25)22-29-15/h4-6H,7-8,19H2,1-3H3,(H2,20,25)(H,21,24). The van der Waals surface area contributed by atoms with Crippen molar-refractivity contribution in [2.45, 2.75) is 26.3 Å². The number of anilines is 2. The number of fused-ring (bicyclic) bond motifs is 1. The molecule has 11 heteroatoms. The van der Waals surface area contributed by atoms with E-state index >= 15 is 0 Å². The van der Waals surface area contributed by atoms with E-state index in [1.165, 1.54) is 4.90 Å². The molecule has 2 aromatic rings. The van der Waals surface area contributed by atoms with Crippen molar-refractivity contribution < 1.29 is 23.9 Å². The van der Waals surface area contributed by atoms with E-state index in [-0.39, 0.29) is 35.5 Å². The zero-order valence-corrected chi connectivity index (χ0v) is 17.0. The number of aromatic nitrogens is 1. The van der Waals surface area contributed by atoms with Crippen LogP contribution in [0.3, 0.4) is 0 Å². The first-order chi connectivity index (χ1) is 13.6. The Labute approximate surface area is 170 Å². The van der Waals surface area contributed by atoms with Gasteiger partial charge in [-0.2, -0.15) is 4.37 Å². The number of ether oxygens (including phenoxy) is 2. The molecule has 0 fully saturated rings. The number of nitrogens with two attached hydrogens (primary N) is 2. The van der Waals surface area contributed by atoms with Crippen LogP contribution >= 0.6 is 11.5 Å². The van der Waals surface area contributed by atoms with Gasteiger partial charge in [0.05, 0.1) is 5.69 Å². The molecular formula is C18H21N5O5S. The van der Waals surface area contributed by atoms with Crippen molar-refractivity contribution in [3.63, 3.8) is 0 Å². The molecule has 0 saturated carbocycles. The van der Waals surface area contributed by atoms with Crippen LogP contribution in [0.4, 0.5) is 11.4 Å². The molecule has 0 aliphatic carbocycles. The van der Waals surface area contributed by atoms with Crippen molar-refractivity contribution in [1.82, 2.24) is 9.69 Å². The maximum Gasteiger partial charge on any atom is 0.272 e. The van der Waals surface area contributed by atoms with Crippen LogP contribution in [0.1, 0.15) is 40.9 Å². The van der Waals surface area contributed by atoms with Gasteiger partial charge in [0.1, 0.15) is 11.4 Å². The number of carbonyl (C=O) groups excluding carboxylic acids is 3. The second-order valence-corrected chi connectivity index (χ2v) is 8.14. The summed E-state index contributed by atoms with van der Waals surface area (Å²) < 4.78 is 14.5. The lowest BCUT2D eigenvalue weighted by molar-refractivity contribution is -0.121. The Bertz CT molecular complexity index is 982. The molecule has 5 N–H and O–H groups in total. The van der Waals surface area contributed by atoms with E-state index in [9.17, 15) is 14.4 Å². The highest BCUT2D eigenvalue weighted by molar-refractivity contribution is 7.09. The van der Waals surface area contributed by atoms with Crippen LogP contribution in [0.2, 0.25) is 0 Å². The maximum atomic E-state index is 13.2. The largest absolute Gasteiger partial charge is 0.454 e. The van der Waals surface area contributed by atoms with Gasteiger partial charge in [-0.3, -0.25) is 19.3 Å². The van der Waals surface area contributed by atoms with E-state index in [1.54, 1.807) is 18.2 Å². The minimum atomic E-state index is -0.835. The number of hydrogen-bond donors (Lipinski definition) is 3. The second kappa shape index (κ2) is 7.59. The van der Waals surface area contributed by atoms with E-state index < -0.39 is 17.4 Å². The predicted molar refractivity (Wildman–Crippen MR) is 107 cm³/mol. The number of nitrogens with zero attached hydrogens (tertiary/aromatic N) is 2. The van der Waals surface area contributed by atoms with Crippen LogP contribution < -0.4 is 31.2 Å². The fourth-order valence-electron chi connectivity index (χ4n) is 2.69. The van der Waals surface area contributed by atoms with Crippen LogP contribution in [0.25, 0.3) is 0 Å². The number of nitrogens with one attached hydrogen (secondary N) is 1. The fourth-order valence-corrected chi connectivity index (χ4v) is 3.44. The Morgan fingerprint density at radius 1 is 1.24 bits per heavy atom. The molecule has 0 atom stereocenters. The predicted octanol–water partition coefficient (Wildman–Crippen LogP) is 1.11. The zero-order chi connectivity index (χ0) is 21.3. The summed E-state index contributed by atoms with van der Waals surface area (Å²) in [5.74, 6) is -0.810. The number of rotatable bonds is 5. The normalized spacial score (nSPS) is 12.5. The average molecular weight is 419 g/mol. The summed E-state index contributed by atoms with van der Waals surface area (Å²) in [6.45, 7) is 5.29. The summed E-state index contributed by atoms with van der Waals surface area (Å²) in [6.07, 6.45) is 0. The summed E-state index contributed by atoms with van der Waals surface area (Å²) >= 11 is 0.747. The van der Waals surface area contributed by atoms with Gasteiger partial charge in [0.2, 0.25) is 12.7 Å². The van der Waals surface area contributed by atoms with Crippen molar-refractivity contribution >= 4 is 40.6 Å². The van der Waals surface area contributed by atoms with Crippen LogP contribution in [0.15, 0.2) is 18.2 Å². The molecule has 0 spiro atoms. The summed E-state index contributed by atoms with van der Waals surface area (Å²) in [5, 5.41) is 2.81. The molecule has 1 aliphatic rings. The minimum Gasteiger partial charge on any atom is -0.454 e. The quantitative estimate of drug-likeness (QED) is 0.657. The van der Waals surface area contributed by atoms with Crippen molar-refractivity contribution in [3.8, 4) is 11.5 Å². The number of carbonyl (C=O) groups is 3. The first-order valence-corrected chi connectivity index (χ1v) is 9.41. The number of hydrogen-bond acceptors (Lipinski definition) is 8. The lowest BCUT2D eigenvalue weighted by Crippen LogP contribution is -2.47. The van der Waals surface area contributed by atoms with Gasteiger partial charge < -0.3 is 26.3 Å². The SMILES string of the molecule is CC(C)(C)NC(=O)CN(C(=O)c1snc(C(N)=O)c1N)c1ccc2c(c1)OCO2. The number of benzene rings is 1. The number of amides is 3. The topological polar surface area (TPSA) is 150 Å². The van der Waals surface area contributed by atoms with Gasteiger partial charge in [0, 0.05) is 17.3 Å². The van der Waals surface area contributed by atoms with Gasteiger partial charge in [-0.05, 0) is 44.4 Å². The third kappa shape index (κ3) is 4.40. The van der Waals surface area contributed by atoms with E-state index in [0.29, 0.717) is 17.2 Å². The lowest BCUT2D eigenvalue weighted by atomic mass is 10.1. The molecule has 154 valence electrons. The molecule has 0 unspecified atom stereocenters. The van der Waals surface area contributed by atoms with Gasteiger partial charge in [-0.25, -0.2) is 0 Å². The van der Waals surface area contributed by atoms with Gasteiger partial charge >= 0.3 is 0 Å². The summed E-state index contributed by atoms with van der Waals surface area (Å²) in [6, 6.07) is 4.86. The van der Waals surface area contributed by atoms with Crippen LogP contribution in [-0.4, -0.2) is 41.0 Å². The van der Waals surface area contributed by atoms with Crippen molar-refractivity contribution in [2.24, 2.45) is 5.73 Å². The molecule has 3 amide bonds. The highest BCUT2D eigenvalue weighted by Crippen LogP contribution is 2.36. The molecule has 0 radical (unpaired) electrons. The Balaban J connectivity index is 1.97. The van der Waals surface area contributed by atoms with Crippen LogP contribution in [-0.2, 0) is 4.79 Å². The summed E-state index contributed by atoms with van der Waals surface area (Å²) in [4.78, 5) is 38.4. The molecule has 2 heterocycles. The first-order valence-electron chi connectivity index (χ1n) is 8.64. The molecule has 1 aromatic carbocycles. The monoisotopic (exact) mass is 419 g/mol. The molecule has 3 rings (SSSR count). The Morgan fingerprint density at radius 3 is 2.55 bits per heavy atom. The third-order valence-electron chi connectivity index (χ3n) is 3.88. The molecule has 1 aliphatic heterocycles. The van der Waals surface area contributed by atoms with E-state index in [2.05, 4.69) is 9.69 Å².